The maximum absolute atomic E-state index is 11.3. The molecule has 1 saturated heterocycles. The summed E-state index contributed by atoms with van der Waals surface area (Å²) in [5.74, 6) is 0.800. The molecule has 0 bridgehead atoms. The van der Waals surface area contributed by atoms with Crippen molar-refractivity contribution in [3.8, 4) is 0 Å². The number of amides is 1. The van der Waals surface area contributed by atoms with E-state index in [9.17, 15) is 4.79 Å². The van der Waals surface area contributed by atoms with Gasteiger partial charge in [-0.1, -0.05) is 6.92 Å². The Morgan fingerprint density at radius 2 is 2.18 bits per heavy atom. The van der Waals surface area contributed by atoms with Crippen molar-refractivity contribution in [1.82, 2.24) is 10.2 Å². The molecule has 0 aromatic rings. The molecule has 1 aliphatic rings. The van der Waals surface area contributed by atoms with Gasteiger partial charge in [-0.05, 0) is 31.8 Å². The second-order valence-electron chi connectivity index (χ2n) is 4.72. The van der Waals surface area contributed by atoms with Crippen LogP contribution in [0.5, 0.6) is 0 Å². The van der Waals surface area contributed by atoms with Gasteiger partial charge in [0.25, 0.3) is 0 Å². The molecule has 1 amide bonds. The number of piperidine rings is 1. The van der Waals surface area contributed by atoms with Gasteiger partial charge in [-0.15, -0.1) is 0 Å². The molecule has 0 aromatic heterocycles. The molecule has 1 heterocycles. The van der Waals surface area contributed by atoms with Crippen LogP contribution in [0.2, 0.25) is 0 Å². The molecule has 0 saturated carbocycles. The molecule has 1 fully saturated rings. The summed E-state index contributed by atoms with van der Waals surface area (Å²) in [6.07, 6.45) is 2.54. The Morgan fingerprint density at radius 1 is 1.47 bits per heavy atom. The molecule has 0 atom stereocenters. The largest absolute Gasteiger partial charge is 0.370 e. The van der Waals surface area contributed by atoms with Crippen molar-refractivity contribution in [2.75, 3.05) is 45.9 Å². The molecule has 0 aliphatic carbocycles. The molecule has 5 nitrogen and oxygen atoms in total. The van der Waals surface area contributed by atoms with Gasteiger partial charge in [-0.25, -0.2) is 0 Å². The summed E-state index contributed by atoms with van der Waals surface area (Å²) in [7, 11) is 0. The SMILES string of the molecule is CC1CCN(CCNC(=O)COCCN)CC1. The second-order valence-corrected chi connectivity index (χ2v) is 4.72. The summed E-state index contributed by atoms with van der Waals surface area (Å²) in [6, 6.07) is 0. The molecule has 1 rings (SSSR count). The third kappa shape index (κ3) is 6.61. The highest BCUT2D eigenvalue weighted by Gasteiger charge is 2.14. The van der Waals surface area contributed by atoms with E-state index in [1.165, 1.54) is 12.8 Å². The number of nitrogens with two attached hydrogens (primary N) is 1. The maximum atomic E-state index is 11.3. The van der Waals surface area contributed by atoms with E-state index < -0.39 is 0 Å². The first-order valence-corrected chi connectivity index (χ1v) is 6.49. The molecule has 17 heavy (non-hydrogen) atoms. The van der Waals surface area contributed by atoms with E-state index in [4.69, 9.17) is 10.5 Å². The Hall–Kier alpha value is -0.650. The molecule has 0 aromatic carbocycles. The van der Waals surface area contributed by atoms with E-state index in [1.807, 2.05) is 0 Å². The average Bonchev–Trinajstić information content (AvgIpc) is 2.32. The fourth-order valence-electron chi connectivity index (χ4n) is 1.94. The van der Waals surface area contributed by atoms with Crippen LogP contribution in [0.3, 0.4) is 0 Å². The number of rotatable bonds is 7. The fourth-order valence-corrected chi connectivity index (χ4v) is 1.94. The van der Waals surface area contributed by atoms with E-state index in [0.29, 0.717) is 19.7 Å². The highest BCUT2D eigenvalue weighted by molar-refractivity contribution is 5.77. The molecule has 0 spiro atoms. The third-order valence-electron chi connectivity index (χ3n) is 3.12. The standard InChI is InChI=1S/C12H25N3O2/c1-11-2-6-15(7-3-11)8-5-14-12(16)10-17-9-4-13/h11H,2-10,13H2,1H3,(H,14,16). The molecule has 100 valence electrons. The minimum atomic E-state index is -0.0520. The van der Waals surface area contributed by atoms with Gasteiger partial charge in [0.15, 0.2) is 0 Å². The van der Waals surface area contributed by atoms with Gasteiger partial charge >= 0.3 is 0 Å². The lowest BCUT2D eigenvalue weighted by Gasteiger charge is -2.30. The smallest absolute Gasteiger partial charge is 0.246 e. The second kappa shape index (κ2) is 8.44. The third-order valence-corrected chi connectivity index (χ3v) is 3.12. The minimum absolute atomic E-state index is 0.0520. The van der Waals surface area contributed by atoms with Gasteiger partial charge in [-0.2, -0.15) is 0 Å². The van der Waals surface area contributed by atoms with E-state index in [0.717, 1.165) is 25.6 Å². The zero-order chi connectivity index (χ0) is 12.5. The lowest BCUT2D eigenvalue weighted by atomic mass is 9.99. The Balaban J connectivity index is 1.97. The van der Waals surface area contributed by atoms with Crippen molar-refractivity contribution < 1.29 is 9.53 Å². The number of hydrogen-bond donors (Lipinski definition) is 2. The van der Waals surface area contributed by atoms with Crippen molar-refractivity contribution in [2.45, 2.75) is 19.8 Å². The van der Waals surface area contributed by atoms with Crippen LogP contribution >= 0.6 is 0 Å². The molecule has 0 unspecified atom stereocenters. The number of likely N-dealkylation sites (tertiary alicyclic amines) is 1. The van der Waals surface area contributed by atoms with Crippen LogP contribution in [0.25, 0.3) is 0 Å². The number of carbonyl (C=O) groups excluding carboxylic acids is 1. The highest BCUT2D eigenvalue weighted by atomic mass is 16.5. The van der Waals surface area contributed by atoms with Crippen LogP contribution in [-0.2, 0) is 9.53 Å². The average molecular weight is 243 g/mol. The summed E-state index contributed by atoms with van der Waals surface area (Å²) in [4.78, 5) is 13.7. The Labute approximate surface area is 104 Å². The Kier molecular flexibility index (Phi) is 7.16. The lowest BCUT2D eigenvalue weighted by Crippen LogP contribution is -2.40. The molecule has 1 aliphatic heterocycles. The van der Waals surface area contributed by atoms with Gasteiger partial charge in [-0.3, -0.25) is 4.79 Å². The van der Waals surface area contributed by atoms with Crippen molar-refractivity contribution in [3.63, 3.8) is 0 Å². The number of nitrogens with zero attached hydrogens (tertiary/aromatic N) is 1. The van der Waals surface area contributed by atoms with Crippen LogP contribution in [0.1, 0.15) is 19.8 Å². The summed E-state index contributed by atoms with van der Waals surface area (Å²) in [5, 5.41) is 2.85. The van der Waals surface area contributed by atoms with Crippen molar-refractivity contribution in [1.29, 1.82) is 0 Å². The first-order valence-electron chi connectivity index (χ1n) is 6.49. The van der Waals surface area contributed by atoms with Gasteiger partial charge in [0.1, 0.15) is 6.61 Å². The van der Waals surface area contributed by atoms with Crippen molar-refractivity contribution >= 4 is 5.91 Å². The molecule has 3 N–H and O–H groups in total. The first kappa shape index (κ1) is 14.4. The first-order chi connectivity index (χ1) is 8.22. The van der Waals surface area contributed by atoms with Gasteiger partial charge < -0.3 is 20.7 Å². The number of hydrogen-bond acceptors (Lipinski definition) is 4. The van der Waals surface area contributed by atoms with E-state index in [2.05, 4.69) is 17.1 Å². The zero-order valence-electron chi connectivity index (χ0n) is 10.8. The Bertz CT molecular complexity index is 216. The predicted molar refractivity (Wildman–Crippen MR) is 67.7 cm³/mol. The summed E-state index contributed by atoms with van der Waals surface area (Å²) in [5.41, 5.74) is 5.26. The highest BCUT2D eigenvalue weighted by Crippen LogP contribution is 2.14. The monoisotopic (exact) mass is 243 g/mol. The zero-order valence-corrected chi connectivity index (χ0v) is 10.8. The van der Waals surface area contributed by atoms with Gasteiger partial charge in [0.05, 0.1) is 6.61 Å². The summed E-state index contributed by atoms with van der Waals surface area (Å²) >= 11 is 0. The summed E-state index contributed by atoms with van der Waals surface area (Å²) in [6.45, 7) is 7.27. The van der Waals surface area contributed by atoms with Gasteiger partial charge in [0.2, 0.25) is 5.91 Å². The fraction of sp³-hybridized carbons (Fsp3) is 0.917. The van der Waals surface area contributed by atoms with Crippen LogP contribution in [0.4, 0.5) is 0 Å². The normalized spacial score (nSPS) is 18.2. The van der Waals surface area contributed by atoms with Crippen molar-refractivity contribution in [2.24, 2.45) is 11.7 Å². The molecule has 0 radical (unpaired) electrons. The predicted octanol–water partition coefficient (Wildman–Crippen LogP) is -0.190. The topological polar surface area (TPSA) is 67.6 Å². The molecule has 5 heteroatoms. The van der Waals surface area contributed by atoms with E-state index in [-0.39, 0.29) is 12.5 Å². The Morgan fingerprint density at radius 3 is 2.82 bits per heavy atom. The quantitative estimate of drug-likeness (QED) is 0.608. The van der Waals surface area contributed by atoms with Crippen LogP contribution < -0.4 is 11.1 Å². The van der Waals surface area contributed by atoms with Crippen LogP contribution in [0.15, 0.2) is 0 Å². The van der Waals surface area contributed by atoms with Crippen molar-refractivity contribution in [3.05, 3.63) is 0 Å². The number of carbonyl (C=O) groups is 1. The minimum Gasteiger partial charge on any atom is -0.370 e. The molecular weight excluding hydrogens is 218 g/mol. The van der Waals surface area contributed by atoms with Gasteiger partial charge in [0, 0.05) is 19.6 Å². The summed E-state index contributed by atoms with van der Waals surface area (Å²) < 4.78 is 5.05. The molecular formula is C12H25N3O2. The van der Waals surface area contributed by atoms with E-state index in [1.54, 1.807) is 0 Å². The van der Waals surface area contributed by atoms with Crippen LogP contribution in [-0.4, -0.2) is 56.7 Å². The maximum Gasteiger partial charge on any atom is 0.246 e. The lowest BCUT2D eigenvalue weighted by molar-refractivity contribution is -0.125. The van der Waals surface area contributed by atoms with Crippen LogP contribution in [0, 0.1) is 5.92 Å². The number of ether oxygens (including phenoxy) is 1. The number of nitrogens with one attached hydrogen (secondary N) is 1. The van der Waals surface area contributed by atoms with E-state index >= 15 is 0 Å².